The first kappa shape index (κ1) is 14.8. The molecule has 2 unspecified atom stereocenters. The Labute approximate surface area is 109 Å². The van der Waals surface area contributed by atoms with Crippen LogP contribution in [0.4, 0.5) is 0 Å². The summed E-state index contributed by atoms with van der Waals surface area (Å²) in [5.74, 6) is 1.47. The van der Waals surface area contributed by atoms with Crippen LogP contribution in [0.15, 0.2) is 18.2 Å². The highest BCUT2D eigenvalue weighted by molar-refractivity contribution is 5.43. The maximum Gasteiger partial charge on any atom is 0.127 e. The molecule has 1 aromatic rings. The van der Waals surface area contributed by atoms with Crippen LogP contribution in [0.2, 0.25) is 0 Å². The van der Waals surface area contributed by atoms with E-state index in [-0.39, 0.29) is 6.04 Å². The molecule has 0 aliphatic carbocycles. The first-order valence-corrected chi connectivity index (χ1v) is 6.05. The lowest BCUT2D eigenvalue weighted by Crippen LogP contribution is -2.39. The second-order valence-corrected chi connectivity index (χ2v) is 4.46. The summed E-state index contributed by atoms with van der Waals surface area (Å²) in [5, 5.41) is 0. The van der Waals surface area contributed by atoms with Crippen LogP contribution in [-0.2, 0) is 4.74 Å². The fourth-order valence-corrected chi connectivity index (χ4v) is 1.90. The Morgan fingerprint density at radius 2 is 1.89 bits per heavy atom. The molecule has 1 rings (SSSR count). The van der Waals surface area contributed by atoms with Gasteiger partial charge in [-0.2, -0.15) is 0 Å². The first-order chi connectivity index (χ1) is 8.52. The molecule has 2 N–H and O–H groups in total. The van der Waals surface area contributed by atoms with Gasteiger partial charge < -0.3 is 19.9 Å². The van der Waals surface area contributed by atoms with Gasteiger partial charge in [-0.1, -0.05) is 6.92 Å². The highest BCUT2D eigenvalue weighted by Crippen LogP contribution is 2.36. The maximum absolute atomic E-state index is 6.32. The summed E-state index contributed by atoms with van der Waals surface area (Å²) in [6, 6.07) is 5.38. The summed E-state index contributed by atoms with van der Waals surface area (Å²) in [4.78, 5) is 0. The Hall–Kier alpha value is -1.26. The van der Waals surface area contributed by atoms with Crippen molar-refractivity contribution in [2.45, 2.75) is 31.9 Å². The quantitative estimate of drug-likeness (QED) is 0.846. The third-order valence-electron chi connectivity index (χ3n) is 3.60. The van der Waals surface area contributed by atoms with Crippen molar-refractivity contribution >= 4 is 0 Å². The van der Waals surface area contributed by atoms with E-state index in [1.165, 1.54) is 0 Å². The van der Waals surface area contributed by atoms with Crippen LogP contribution in [0, 0.1) is 0 Å². The van der Waals surface area contributed by atoms with Crippen molar-refractivity contribution in [1.82, 2.24) is 0 Å². The van der Waals surface area contributed by atoms with E-state index in [2.05, 4.69) is 6.92 Å². The second-order valence-electron chi connectivity index (χ2n) is 4.46. The summed E-state index contributed by atoms with van der Waals surface area (Å²) >= 11 is 0. The van der Waals surface area contributed by atoms with Gasteiger partial charge in [0, 0.05) is 18.7 Å². The van der Waals surface area contributed by atoms with E-state index in [1.807, 2.05) is 25.1 Å². The zero-order valence-corrected chi connectivity index (χ0v) is 11.8. The van der Waals surface area contributed by atoms with Crippen molar-refractivity contribution < 1.29 is 14.2 Å². The molecule has 2 atom stereocenters. The normalized spacial score (nSPS) is 15.9. The third kappa shape index (κ3) is 2.76. The Balaban J connectivity index is 3.16. The van der Waals surface area contributed by atoms with Gasteiger partial charge in [0.2, 0.25) is 0 Å². The zero-order valence-electron chi connectivity index (χ0n) is 11.8. The smallest absolute Gasteiger partial charge is 0.127 e. The highest BCUT2D eigenvalue weighted by Gasteiger charge is 2.32. The minimum Gasteiger partial charge on any atom is -0.497 e. The van der Waals surface area contributed by atoms with Crippen LogP contribution in [0.3, 0.4) is 0 Å². The van der Waals surface area contributed by atoms with E-state index >= 15 is 0 Å². The molecule has 0 radical (unpaired) electrons. The largest absolute Gasteiger partial charge is 0.497 e. The molecule has 4 nitrogen and oxygen atoms in total. The van der Waals surface area contributed by atoms with Gasteiger partial charge in [0.05, 0.1) is 25.9 Å². The molecule has 0 saturated heterocycles. The van der Waals surface area contributed by atoms with Gasteiger partial charge in [0.15, 0.2) is 0 Å². The molecule has 102 valence electrons. The lowest BCUT2D eigenvalue weighted by Gasteiger charge is -2.34. The molecule has 0 fully saturated rings. The average Bonchev–Trinajstić information content (AvgIpc) is 2.44. The minimum atomic E-state index is -0.415. The summed E-state index contributed by atoms with van der Waals surface area (Å²) in [5.41, 5.74) is 6.82. The second kappa shape index (κ2) is 6.07. The van der Waals surface area contributed by atoms with E-state index in [9.17, 15) is 0 Å². The van der Waals surface area contributed by atoms with Crippen LogP contribution < -0.4 is 15.2 Å². The van der Waals surface area contributed by atoms with Gasteiger partial charge in [0.1, 0.15) is 11.5 Å². The first-order valence-electron chi connectivity index (χ1n) is 6.05. The van der Waals surface area contributed by atoms with Gasteiger partial charge in [-0.15, -0.1) is 0 Å². The van der Waals surface area contributed by atoms with Crippen molar-refractivity contribution in [3.63, 3.8) is 0 Å². The monoisotopic (exact) mass is 253 g/mol. The Morgan fingerprint density at radius 1 is 1.22 bits per heavy atom. The number of rotatable bonds is 6. The van der Waals surface area contributed by atoms with Crippen LogP contribution in [0.5, 0.6) is 11.5 Å². The van der Waals surface area contributed by atoms with E-state index in [0.29, 0.717) is 0 Å². The molecule has 4 heteroatoms. The van der Waals surface area contributed by atoms with E-state index in [1.54, 1.807) is 21.3 Å². The molecule has 0 aliphatic heterocycles. The Kier molecular flexibility index (Phi) is 4.99. The van der Waals surface area contributed by atoms with E-state index < -0.39 is 5.60 Å². The number of ether oxygens (including phenoxy) is 3. The molecular weight excluding hydrogens is 230 g/mol. The third-order valence-corrected chi connectivity index (χ3v) is 3.60. The predicted octanol–water partition coefficient (Wildman–Crippen LogP) is 2.52. The van der Waals surface area contributed by atoms with Gasteiger partial charge in [0.25, 0.3) is 0 Å². The van der Waals surface area contributed by atoms with Crippen molar-refractivity contribution in [3.05, 3.63) is 23.8 Å². The van der Waals surface area contributed by atoms with Crippen molar-refractivity contribution in [3.8, 4) is 11.5 Å². The molecule has 18 heavy (non-hydrogen) atoms. The molecule has 1 aromatic carbocycles. The number of benzene rings is 1. The standard InChI is InChI=1S/C14H23NO3/c1-6-14(2,18-5)13(15)11-8-7-10(16-3)9-12(11)17-4/h7-9,13H,6,15H2,1-5H3. The van der Waals surface area contributed by atoms with Crippen LogP contribution in [0.1, 0.15) is 31.9 Å². The number of hydrogen-bond acceptors (Lipinski definition) is 4. The molecule has 0 aromatic heterocycles. The molecule has 0 saturated carbocycles. The lowest BCUT2D eigenvalue weighted by molar-refractivity contribution is -0.0199. The lowest BCUT2D eigenvalue weighted by atomic mass is 9.88. The van der Waals surface area contributed by atoms with E-state index in [4.69, 9.17) is 19.9 Å². The van der Waals surface area contributed by atoms with Gasteiger partial charge in [-0.05, 0) is 25.5 Å². The average molecular weight is 253 g/mol. The summed E-state index contributed by atoms with van der Waals surface area (Å²) in [7, 11) is 4.93. The molecule has 0 spiro atoms. The highest BCUT2D eigenvalue weighted by atomic mass is 16.5. The summed E-state index contributed by atoms with van der Waals surface area (Å²) < 4.78 is 16.1. The fraction of sp³-hybridized carbons (Fsp3) is 0.571. The molecule has 0 amide bonds. The van der Waals surface area contributed by atoms with Crippen LogP contribution in [-0.4, -0.2) is 26.9 Å². The van der Waals surface area contributed by atoms with E-state index in [0.717, 1.165) is 23.5 Å². The Bertz CT molecular complexity index is 389. The van der Waals surface area contributed by atoms with Crippen molar-refractivity contribution in [2.75, 3.05) is 21.3 Å². The fourth-order valence-electron chi connectivity index (χ4n) is 1.90. The molecule has 0 heterocycles. The van der Waals surface area contributed by atoms with Crippen LogP contribution >= 0.6 is 0 Å². The maximum atomic E-state index is 6.32. The van der Waals surface area contributed by atoms with Crippen molar-refractivity contribution in [2.24, 2.45) is 5.73 Å². The SMILES string of the molecule is CCC(C)(OC)C(N)c1ccc(OC)cc1OC. The topological polar surface area (TPSA) is 53.7 Å². The molecular formula is C14H23NO3. The number of methoxy groups -OCH3 is 3. The predicted molar refractivity (Wildman–Crippen MR) is 72.2 cm³/mol. The molecule has 0 bridgehead atoms. The summed E-state index contributed by atoms with van der Waals surface area (Å²) in [6.07, 6.45) is 0.819. The van der Waals surface area contributed by atoms with Gasteiger partial charge >= 0.3 is 0 Å². The number of nitrogens with two attached hydrogens (primary N) is 1. The zero-order chi connectivity index (χ0) is 13.8. The van der Waals surface area contributed by atoms with Crippen LogP contribution in [0.25, 0.3) is 0 Å². The minimum absolute atomic E-state index is 0.256. The van der Waals surface area contributed by atoms with Crippen molar-refractivity contribution in [1.29, 1.82) is 0 Å². The summed E-state index contributed by atoms with van der Waals surface area (Å²) in [6.45, 7) is 4.06. The Morgan fingerprint density at radius 3 is 2.33 bits per heavy atom. The number of hydrogen-bond donors (Lipinski definition) is 1. The molecule has 0 aliphatic rings. The van der Waals surface area contributed by atoms with Gasteiger partial charge in [-0.25, -0.2) is 0 Å². The van der Waals surface area contributed by atoms with Gasteiger partial charge in [-0.3, -0.25) is 0 Å².